The van der Waals surface area contributed by atoms with Crippen molar-refractivity contribution in [2.24, 2.45) is 5.73 Å². The Kier molecular flexibility index (Phi) is 5.94. The molecule has 9 heteroatoms. The van der Waals surface area contributed by atoms with Crippen LogP contribution in [0.25, 0.3) is 0 Å². The maximum Gasteiger partial charge on any atom is 0.416 e. The van der Waals surface area contributed by atoms with Crippen LogP contribution in [0, 0.1) is 0 Å². The number of nitrogens with one attached hydrogen (secondary N) is 1. The van der Waals surface area contributed by atoms with Crippen molar-refractivity contribution >= 4 is 23.2 Å². The van der Waals surface area contributed by atoms with Crippen molar-refractivity contribution < 1.29 is 27.5 Å². The number of hydrogen-bond acceptors (Lipinski definition) is 4. The van der Waals surface area contributed by atoms with Crippen molar-refractivity contribution in [1.29, 1.82) is 0 Å². The molecular formula is C18H18F3N3O3. The second-order valence-corrected chi connectivity index (χ2v) is 5.86. The van der Waals surface area contributed by atoms with Gasteiger partial charge in [-0.3, -0.25) is 9.59 Å². The first-order valence-electron chi connectivity index (χ1n) is 7.79. The summed E-state index contributed by atoms with van der Waals surface area (Å²) in [5, 5.41) is 2.48. The van der Waals surface area contributed by atoms with E-state index >= 15 is 0 Å². The van der Waals surface area contributed by atoms with E-state index in [-0.39, 0.29) is 23.6 Å². The first kappa shape index (κ1) is 20.1. The quantitative estimate of drug-likeness (QED) is 0.806. The lowest BCUT2D eigenvalue weighted by Crippen LogP contribution is -2.20. The van der Waals surface area contributed by atoms with Crippen LogP contribution in [0.2, 0.25) is 0 Å². The van der Waals surface area contributed by atoms with E-state index in [0.29, 0.717) is 5.69 Å². The minimum absolute atomic E-state index is 0.0169. The second-order valence-electron chi connectivity index (χ2n) is 5.86. The highest BCUT2D eigenvalue weighted by Crippen LogP contribution is 2.35. The topological polar surface area (TPSA) is 84.7 Å². The van der Waals surface area contributed by atoms with Crippen LogP contribution in [0.5, 0.6) is 5.75 Å². The Bertz CT molecular complexity index is 851. The van der Waals surface area contributed by atoms with Crippen molar-refractivity contribution in [1.82, 2.24) is 0 Å². The predicted octanol–water partition coefficient (Wildman–Crippen LogP) is 2.89. The number of halogens is 3. The molecule has 0 spiro atoms. The zero-order valence-electron chi connectivity index (χ0n) is 14.6. The van der Waals surface area contributed by atoms with E-state index in [0.717, 1.165) is 12.1 Å². The Hall–Kier alpha value is -3.23. The molecule has 0 heterocycles. The number of anilines is 2. The number of ether oxygens (including phenoxy) is 1. The number of nitrogens with zero attached hydrogens (tertiary/aromatic N) is 1. The summed E-state index contributed by atoms with van der Waals surface area (Å²) in [4.78, 5) is 24.8. The van der Waals surface area contributed by atoms with Gasteiger partial charge in [0.25, 0.3) is 11.8 Å². The molecule has 6 nitrogen and oxygen atoms in total. The fraction of sp³-hybridized carbons (Fsp3) is 0.222. The number of alkyl halides is 3. The molecule has 2 aromatic rings. The first-order valence-corrected chi connectivity index (χ1v) is 7.79. The SMILES string of the molecule is CN(C)c1ccc(C(F)(F)F)cc1NC(=O)c1cccc(OCC(N)=O)c1. The molecule has 0 saturated carbocycles. The molecule has 0 aliphatic rings. The number of carbonyl (C=O) groups is 2. The number of nitrogens with two attached hydrogens (primary N) is 1. The van der Waals surface area contributed by atoms with E-state index < -0.39 is 23.6 Å². The number of benzene rings is 2. The molecule has 0 aliphatic carbocycles. The average Bonchev–Trinajstić information content (AvgIpc) is 2.59. The minimum Gasteiger partial charge on any atom is -0.484 e. The van der Waals surface area contributed by atoms with Crippen molar-refractivity contribution in [3.8, 4) is 5.75 Å². The van der Waals surface area contributed by atoms with E-state index in [1.807, 2.05) is 0 Å². The molecule has 0 atom stereocenters. The highest BCUT2D eigenvalue weighted by molar-refractivity contribution is 6.06. The maximum atomic E-state index is 13.0. The molecule has 0 unspecified atom stereocenters. The molecule has 2 amide bonds. The smallest absolute Gasteiger partial charge is 0.416 e. The number of hydrogen-bond donors (Lipinski definition) is 2. The Morgan fingerprint density at radius 3 is 2.44 bits per heavy atom. The molecule has 0 bridgehead atoms. The van der Waals surface area contributed by atoms with Crippen LogP contribution in [0.4, 0.5) is 24.5 Å². The molecule has 2 aromatic carbocycles. The van der Waals surface area contributed by atoms with Crippen molar-refractivity contribution in [2.75, 3.05) is 30.9 Å². The molecule has 27 heavy (non-hydrogen) atoms. The summed E-state index contributed by atoms with van der Waals surface area (Å²) in [7, 11) is 3.30. The third-order valence-electron chi connectivity index (χ3n) is 3.53. The minimum atomic E-state index is -4.53. The van der Waals surface area contributed by atoms with E-state index in [2.05, 4.69) is 5.32 Å². The third kappa shape index (κ3) is 5.37. The zero-order valence-corrected chi connectivity index (χ0v) is 14.6. The van der Waals surface area contributed by atoms with E-state index in [4.69, 9.17) is 10.5 Å². The van der Waals surface area contributed by atoms with Crippen LogP contribution in [0.1, 0.15) is 15.9 Å². The summed E-state index contributed by atoms with van der Waals surface area (Å²) in [6.45, 7) is -0.358. The van der Waals surface area contributed by atoms with E-state index in [1.54, 1.807) is 19.0 Å². The lowest BCUT2D eigenvalue weighted by Gasteiger charge is -2.20. The largest absolute Gasteiger partial charge is 0.484 e. The first-order chi connectivity index (χ1) is 12.6. The van der Waals surface area contributed by atoms with Crippen molar-refractivity contribution in [3.05, 3.63) is 53.6 Å². The monoisotopic (exact) mass is 381 g/mol. The molecular weight excluding hydrogens is 363 g/mol. The van der Waals surface area contributed by atoms with Crippen LogP contribution < -0.4 is 20.7 Å². The van der Waals surface area contributed by atoms with Gasteiger partial charge in [-0.25, -0.2) is 0 Å². The summed E-state index contributed by atoms with van der Waals surface area (Å²) in [5.41, 5.74) is 4.70. The fourth-order valence-electron chi connectivity index (χ4n) is 2.28. The van der Waals surface area contributed by atoms with Gasteiger partial charge >= 0.3 is 6.18 Å². The Morgan fingerprint density at radius 2 is 1.85 bits per heavy atom. The van der Waals surface area contributed by atoms with Crippen LogP contribution in [0.3, 0.4) is 0 Å². The number of amides is 2. The fourth-order valence-corrected chi connectivity index (χ4v) is 2.28. The summed E-state index contributed by atoms with van der Waals surface area (Å²) in [5.74, 6) is -1.07. The standard InChI is InChI=1S/C18H18F3N3O3/c1-24(2)15-7-6-12(18(19,20)21)9-14(15)23-17(26)11-4-3-5-13(8-11)27-10-16(22)25/h3-9H,10H2,1-2H3,(H2,22,25)(H,23,26). The number of primary amides is 1. The van der Waals surface area contributed by atoms with Crippen LogP contribution in [0.15, 0.2) is 42.5 Å². The Balaban J connectivity index is 2.29. The molecule has 0 aromatic heterocycles. The van der Waals surface area contributed by atoms with Crippen LogP contribution >= 0.6 is 0 Å². The third-order valence-corrected chi connectivity index (χ3v) is 3.53. The second kappa shape index (κ2) is 7.98. The van der Waals surface area contributed by atoms with E-state index in [1.165, 1.54) is 30.3 Å². The van der Waals surface area contributed by atoms with E-state index in [9.17, 15) is 22.8 Å². The van der Waals surface area contributed by atoms with Crippen molar-refractivity contribution in [2.45, 2.75) is 6.18 Å². The molecule has 3 N–H and O–H groups in total. The van der Waals surface area contributed by atoms with Crippen molar-refractivity contribution in [3.63, 3.8) is 0 Å². The Morgan fingerprint density at radius 1 is 1.15 bits per heavy atom. The molecule has 144 valence electrons. The normalized spacial score (nSPS) is 11.0. The van der Waals surface area contributed by atoms with Gasteiger partial charge in [-0.15, -0.1) is 0 Å². The van der Waals surface area contributed by atoms with Gasteiger partial charge in [-0.1, -0.05) is 6.07 Å². The number of rotatable bonds is 6. The average molecular weight is 381 g/mol. The Labute approximate surface area is 153 Å². The summed E-state index contributed by atoms with van der Waals surface area (Å²) >= 11 is 0. The summed E-state index contributed by atoms with van der Waals surface area (Å²) in [6.07, 6.45) is -4.53. The van der Waals surface area contributed by atoms with Crippen LogP contribution in [-0.4, -0.2) is 32.5 Å². The molecule has 0 fully saturated rings. The van der Waals surface area contributed by atoms with Gasteiger partial charge in [0.2, 0.25) is 0 Å². The molecule has 0 radical (unpaired) electrons. The van der Waals surface area contributed by atoms with Gasteiger partial charge in [0.15, 0.2) is 6.61 Å². The van der Waals surface area contributed by atoms with Gasteiger partial charge < -0.3 is 20.7 Å². The van der Waals surface area contributed by atoms with Gasteiger partial charge in [0.1, 0.15) is 5.75 Å². The van der Waals surface area contributed by atoms with Crippen LogP contribution in [-0.2, 0) is 11.0 Å². The number of carbonyl (C=O) groups excluding carboxylic acids is 2. The molecule has 0 aliphatic heterocycles. The highest BCUT2D eigenvalue weighted by Gasteiger charge is 2.31. The lowest BCUT2D eigenvalue weighted by atomic mass is 10.1. The summed E-state index contributed by atoms with van der Waals surface area (Å²) < 4.78 is 44.1. The van der Waals surface area contributed by atoms with Gasteiger partial charge in [-0.2, -0.15) is 13.2 Å². The predicted molar refractivity (Wildman–Crippen MR) is 94.9 cm³/mol. The van der Waals surface area contributed by atoms with Gasteiger partial charge in [-0.05, 0) is 36.4 Å². The maximum absolute atomic E-state index is 13.0. The molecule has 2 rings (SSSR count). The van der Waals surface area contributed by atoms with Gasteiger partial charge in [0, 0.05) is 19.7 Å². The zero-order chi connectivity index (χ0) is 20.2. The summed E-state index contributed by atoms with van der Waals surface area (Å²) in [6, 6.07) is 8.98. The lowest BCUT2D eigenvalue weighted by molar-refractivity contribution is -0.137. The molecule has 0 saturated heterocycles. The van der Waals surface area contributed by atoms with Gasteiger partial charge in [0.05, 0.1) is 16.9 Å². The highest BCUT2D eigenvalue weighted by atomic mass is 19.4.